The average molecular weight is 400 g/mol. The zero-order chi connectivity index (χ0) is 21.1. The van der Waals surface area contributed by atoms with E-state index in [1.165, 1.54) is 18.4 Å². The molecular formula is C24H24N4O2. The summed E-state index contributed by atoms with van der Waals surface area (Å²) in [6.07, 6.45) is 3.49. The Labute approximate surface area is 175 Å². The number of esters is 1. The Bertz CT molecular complexity index is 1090. The van der Waals surface area contributed by atoms with Gasteiger partial charge in [-0.2, -0.15) is 10.4 Å². The highest BCUT2D eigenvalue weighted by atomic mass is 16.5. The fourth-order valence-corrected chi connectivity index (χ4v) is 4.20. The minimum atomic E-state index is -0.344. The number of ether oxygens (including phenoxy) is 1. The van der Waals surface area contributed by atoms with Gasteiger partial charge in [-0.25, -0.2) is 4.79 Å². The van der Waals surface area contributed by atoms with Gasteiger partial charge < -0.3 is 10.5 Å². The van der Waals surface area contributed by atoms with E-state index in [0.717, 1.165) is 36.1 Å². The summed E-state index contributed by atoms with van der Waals surface area (Å²) in [5.74, 6) is -0.148. The quantitative estimate of drug-likeness (QED) is 0.509. The average Bonchev–Trinajstić information content (AvgIpc) is 3.14. The van der Waals surface area contributed by atoms with Gasteiger partial charge in [0, 0.05) is 34.8 Å². The lowest BCUT2D eigenvalue weighted by Crippen LogP contribution is -2.13. The first-order valence-electron chi connectivity index (χ1n) is 10.1. The second kappa shape index (κ2) is 8.42. The number of carbonyl (C=O) groups excluding carboxylic acids is 1. The number of benzene rings is 2. The van der Waals surface area contributed by atoms with Crippen molar-refractivity contribution in [2.45, 2.75) is 38.1 Å². The predicted octanol–water partition coefficient (Wildman–Crippen LogP) is 4.30. The summed E-state index contributed by atoms with van der Waals surface area (Å²) in [7, 11) is 1.38. The van der Waals surface area contributed by atoms with E-state index in [1.54, 1.807) is 12.1 Å². The number of rotatable bonds is 5. The van der Waals surface area contributed by atoms with E-state index < -0.39 is 0 Å². The molecule has 1 atom stereocenters. The summed E-state index contributed by atoms with van der Waals surface area (Å²) >= 11 is 0. The van der Waals surface area contributed by atoms with Crippen LogP contribution in [0.2, 0.25) is 0 Å². The summed E-state index contributed by atoms with van der Waals surface area (Å²) in [4.78, 5) is 11.7. The Morgan fingerprint density at radius 3 is 2.63 bits per heavy atom. The van der Waals surface area contributed by atoms with Gasteiger partial charge in [0.1, 0.15) is 0 Å². The summed E-state index contributed by atoms with van der Waals surface area (Å²) in [6.45, 7) is 0.609. The maximum atomic E-state index is 11.7. The third kappa shape index (κ3) is 3.79. The van der Waals surface area contributed by atoms with Crippen molar-refractivity contribution in [3.8, 4) is 17.3 Å². The number of nitrogen functional groups attached to an aromatic ring is 1. The molecular weight excluding hydrogens is 376 g/mol. The molecule has 0 fully saturated rings. The van der Waals surface area contributed by atoms with Crippen LogP contribution in [-0.4, -0.2) is 22.9 Å². The molecule has 2 aromatic carbocycles. The highest BCUT2D eigenvalue weighted by molar-refractivity contribution is 5.89. The number of carbonyl (C=O) groups is 1. The van der Waals surface area contributed by atoms with E-state index in [-0.39, 0.29) is 11.9 Å². The molecule has 1 aliphatic carbocycles. The molecule has 0 amide bonds. The van der Waals surface area contributed by atoms with Crippen LogP contribution in [0.5, 0.6) is 0 Å². The first kappa shape index (κ1) is 19.7. The molecule has 1 aliphatic rings. The maximum absolute atomic E-state index is 11.7. The zero-order valence-electron chi connectivity index (χ0n) is 17.0. The number of aromatic nitrogens is 2. The minimum Gasteiger partial charge on any atom is -0.465 e. The summed E-state index contributed by atoms with van der Waals surface area (Å²) in [5.41, 5.74) is 12.5. The summed E-state index contributed by atoms with van der Waals surface area (Å²) in [6, 6.07) is 17.5. The number of nitrogens with zero attached hydrogens (tertiary/aromatic N) is 3. The Morgan fingerprint density at radius 2 is 1.97 bits per heavy atom. The minimum absolute atomic E-state index is 0.196. The van der Waals surface area contributed by atoms with Crippen molar-refractivity contribution in [2.24, 2.45) is 0 Å². The maximum Gasteiger partial charge on any atom is 0.337 e. The number of nitriles is 1. The molecule has 30 heavy (non-hydrogen) atoms. The second-order valence-electron chi connectivity index (χ2n) is 7.63. The van der Waals surface area contributed by atoms with Gasteiger partial charge >= 0.3 is 5.97 Å². The molecule has 2 N–H and O–H groups in total. The van der Waals surface area contributed by atoms with Crippen molar-refractivity contribution in [1.82, 2.24) is 9.78 Å². The molecule has 0 spiro atoms. The number of hydrogen-bond acceptors (Lipinski definition) is 5. The molecule has 4 rings (SSSR count). The van der Waals surface area contributed by atoms with Gasteiger partial charge in [-0.3, -0.25) is 4.68 Å². The largest absolute Gasteiger partial charge is 0.465 e. The molecule has 0 radical (unpaired) electrons. The van der Waals surface area contributed by atoms with E-state index in [9.17, 15) is 10.1 Å². The van der Waals surface area contributed by atoms with Crippen LogP contribution < -0.4 is 5.73 Å². The third-order valence-electron chi connectivity index (χ3n) is 5.70. The van der Waals surface area contributed by atoms with Crippen LogP contribution in [0.4, 0.5) is 5.69 Å². The van der Waals surface area contributed by atoms with E-state index in [4.69, 9.17) is 15.6 Å². The molecule has 0 aliphatic heterocycles. The fraction of sp³-hybridized carbons (Fsp3) is 0.292. The Hall–Kier alpha value is -3.59. The Morgan fingerprint density at radius 1 is 1.23 bits per heavy atom. The molecule has 1 aromatic heterocycles. The van der Waals surface area contributed by atoms with Crippen molar-refractivity contribution in [1.29, 1.82) is 5.26 Å². The molecule has 152 valence electrons. The van der Waals surface area contributed by atoms with Gasteiger partial charge in [0.25, 0.3) is 0 Å². The fourth-order valence-electron chi connectivity index (χ4n) is 4.20. The van der Waals surface area contributed by atoms with Crippen LogP contribution in [-0.2, 0) is 17.7 Å². The van der Waals surface area contributed by atoms with Crippen molar-refractivity contribution < 1.29 is 9.53 Å². The molecule has 6 heteroatoms. The van der Waals surface area contributed by atoms with Crippen molar-refractivity contribution in [3.05, 3.63) is 70.9 Å². The molecule has 1 heterocycles. The van der Waals surface area contributed by atoms with Crippen molar-refractivity contribution in [2.75, 3.05) is 12.8 Å². The number of methoxy groups -OCH3 is 1. The van der Waals surface area contributed by atoms with E-state index in [0.29, 0.717) is 24.2 Å². The Kier molecular flexibility index (Phi) is 5.53. The summed E-state index contributed by atoms with van der Waals surface area (Å²) < 4.78 is 6.83. The van der Waals surface area contributed by atoms with Crippen LogP contribution in [0, 0.1) is 11.3 Å². The van der Waals surface area contributed by atoms with Crippen LogP contribution in [0.3, 0.4) is 0 Å². The molecule has 1 unspecified atom stereocenters. The Balaban J connectivity index is 1.73. The van der Waals surface area contributed by atoms with E-state index in [2.05, 4.69) is 10.8 Å². The van der Waals surface area contributed by atoms with E-state index >= 15 is 0 Å². The number of anilines is 1. The highest BCUT2D eigenvalue weighted by Gasteiger charge is 2.29. The topological polar surface area (TPSA) is 93.9 Å². The lowest BCUT2D eigenvalue weighted by atomic mass is 9.82. The van der Waals surface area contributed by atoms with Crippen LogP contribution in [0.25, 0.3) is 11.3 Å². The first-order chi connectivity index (χ1) is 14.6. The lowest BCUT2D eigenvalue weighted by Gasteiger charge is -2.22. The number of fused-ring (bicyclic) bond motifs is 1. The second-order valence-corrected chi connectivity index (χ2v) is 7.63. The van der Waals surface area contributed by atoms with E-state index in [1.807, 2.05) is 36.4 Å². The van der Waals surface area contributed by atoms with Crippen LogP contribution in [0.15, 0.2) is 48.5 Å². The van der Waals surface area contributed by atoms with Crippen molar-refractivity contribution >= 4 is 11.7 Å². The van der Waals surface area contributed by atoms with Crippen LogP contribution >= 0.6 is 0 Å². The van der Waals surface area contributed by atoms with Gasteiger partial charge in [-0.05, 0) is 49.1 Å². The molecule has 0 saturated heterocycles. The van der Waals surface area contributed by atoms with Gasteiger partial charge in [0.2, 0.25) is 0 Å². The monoisotopic (exact) mass is 400 g/mol. The molecule has 0 bridgehead atoms. The molecule has 6 nitrogen and oxygen atoms in total. The van der Waals surface area contributed by atoms with Crippen molar-refractivity contribution in [3.63, 3.8) is 0 Å². The smallest absolute Gasteiger partial charge is 0.337 e. The lowest BCUT2D eigenvalue weighted by molar-refractivity contribution is 0.0600. The first-order valence-corrected chi connectivity index (χ1v) is 10.1. The van der Waals surface area contributed by atoms with Crippen LogP contribution in [0.1, 0.15) is 52.4 Å². The van der Waals surface area contributed by atoms with Gasteiger partial charge in [0.15, 0.2) is 0 Å². The number of hydrogen-bond donors (Lipinski definition) is 1. The zero-order valence-corrected chi connectivity index (χ0v) is 17.0. The molecule has 3 aromatic rings. The standard InChI is InChI=1S/C24H24N4O2/c1-30-24(29)19-7-5-16(6-8-19)15-28-21-4-2-3-17(13-14-25)22(21)23(27-28)18-9-11-20(26)12-10-18/h5-12,17H,2-4,13,15,26H2,1H3. The van der Waals surface area contributed by atoms with Gasteiger partial charge in [-0.1, -0.05) is 24.3 Å². The van der Waals surface area contributed by atoms with Gasteiger partial charge in [-0.15, -0.1) is 0 Å². The van der Waals surface area contributed by atoms with Gasteiger partial charge in [0.05, 0.1) is 31.0 Å². The SMILES string of the molecule is COC(=O)c1ccc(Cn2nc(-c3ccc(N)cc3)c3c2CCCC3CC#N)cc1. The predicted molar refractivity (Wildman–Crippen MR) is 115 cm³/mol. The summed E-state index contributed by atoms with van der Waals surface area (Å²) in [5, 5.41) is 14.3. The third-order valence-corrected chi connectivity index (χ3v) is 5.70. The normalized spacial score (nSPS) is 15.3. The highest BCUT2D eigenvalue weighted by Crippen LogP contribution is 2.40. The number of nitrogens with two attached hydrogens (primary N) is 1. The molecule has 0 saturated carbocycles.